The Morgan fingerprint density at radius 2 is 1.50 bits per heavy atom. The highest BCUT2D eigenvalue weighted by atomic mass is 15.2. The molecule has 0 spiro atoms. The molecule has 0 amide bonds. The maximum atomic E-state index is 2.63. The molecule has 1 saturated carbocycles. The summed E-state index contributed by atoms with van der Waals surface area (Å²) in [6.45, 7) is 17.8. The van der Waals surface area contributed by atoms with Crippen molar-refractivity contribution in [1.29, 1.82) is 0 Å². The number of hydrogen-bond donors (Lipinski definition) is 0. The standard InChI is InChI=1S/C29H34N.C2H6/c1-7-28-19-29(28,8-2)30-18-20(3)9-16-26(30)24-17-22(12-15-25(24)28)21-10-13-23(14-11-21)27(4,5)6;1-2/h9-18H,7-8,19H2,1-6H3;1-2H3/q+1;. The molecule has 5 rings (SSSR count). The van der Waals surface area contributed by atoms with Crippen LogP contribution in [0.1, 0.15) is 84.4 Å². The van der Waals surface area contributed by atoms with E-state index in [-0.39, 0.29) is 16.4 Å². The Kier molecular flexibility index (Phi) is 5.60. The van der Waals surface area contributed by atoms with Crippen LogP contribution in [0.5, 0.6) is 0 Å². The first-order valence-corrected chi connectivity index (χ1v) is 12.5. The number of aromatic nitrogens is 1. The van der Waals surface area contributed by atoms with Crippen LogP contribution < -0.4 is 4.57 Å². The summed E-state index contributed by atoms with van der Waals surface area (Å²) in [5.41, 5.74) is 10.5. The molecule has 2 unspecified atom stereocenters. The van der Waals surface area contributed by atoms with Crippen molar-refractivity contribution in [2.45, 2.75) is 91.0 Å². The Hall–Kier alpha value is -2.41. The lowest BCUT2D eigenvalue weighted by molar-refractivity contribution is -0.736. The molecule has 1 nitrogen and oxygen atoms in total. The van der Waals surface area contributed by atoms with Gasteiger partial charge in [-0.1, -0.05) is 84.9 Å². The van der Waals surface area contributed by atoms with E-state index in [4.69, 9.17) is 0 Å². The summed E-state index contributed by atoms with van der Waals surface area (Å²) in [5, 5.41) is 0. The molecular weight excluding hydrogens is 386 g/mol. The van der Waals surface area contributed by atoms with Crippen molar-refractivity contribution in [1.82, 2.24) is 0 Å². The van der Waals surface area contributed by atoms with Crippen LogP contribution in [0.3, 0.4) is 0 Å². The fourth-order valence-electron chi connectivity index (χ4n) is 6.09. The summed E-state index contributed by atoms with van der Waals surface area (Å²) < 4.78 is 2.63. The molecule has 2 atom stereocenters. The largest absolute Gasteiger partial charge is 0.213 e. The van der Waals surface area contributed by atoms with Crippen LogP contribution >= 0.6 is 0 Å². The first-order chi connectivity index (χ1) is 15.3. The molecule has 2 aromatic carbocycles. The minimum Gasteiger partial charge on any atom is -0.192 e. The maximum absolute atomic E-state index is 2.63. The van der Waals surface area contributed by atoms with Crippen LogP contribution in [-0.4, -0.2) is 0 Å². The van der Waals surface area contributed by atoms with Crippen LogP contribution in [0.4, 0.5) is 0 Å². The lowest BCUT2D eigenvalue weighted by Crippen LogP contribution is -2.54. The predicted octanol–water partition coefficient (Wildman–Crippen LogP) is 8.11. The molecule has 1 aliphatic heterocycles. The number of aryl methyl sites for hydroxylation is 1. The van der Waals surface area contributed by atoms with Crippen molar-refractivity contribution < 1.29 is 4.57 Å². The van der Waals surface area contributed by atoms with Gasteiger partial charge in [-0.2, -0.15) is 4.57 Å². The first-order valence-electron chi connectivity index (χ1n) is 12.5. The van der Waals surface area contributed by atoms with Crippen LogP contribution in [0.2, 0.25) is 0 Å². The summed E-state index contributed by atoms with van der Waals surface area (Å²) in [7, 11) is 0. The van der Waals surface area contributed by atoms with E-state index in [1.54, 1.807) is 5.56 Å². The monoisotopic (exact) mass is 426 g/mol. The minimum atomic E-state index is 0.185. The number of rotatable bonds is 3. The molecule has 168 valence electrons. The van der Waals surface area contributed by atoms with Crippen LogP contribution in [0.25, 0.3) is 22.4 Å². The molecule has 2 heterocycles. The van der Waals surface area contributed by atoms with E-state index in [2.05, 4.69) is 107 Å². The van der Waals surface area contributed by atoms with Crippen LogP contribution in [-0.2, 0) is 16.4 Å². The van der Waals surface area contributed by atoms with Gasteiger partial charge in [-0.15, -0.1) is 0 Å². The fraction of sp³-hybridized carbons (Fsp3) is 0.452. The molecular formula is C31H40N+. The Bertz CT molecular complexity index is 1130. The van der Waals surface area contributed by atoms with Gasteiger partial charge in [-0.05, 0) is 53.1 Å². The second kappa shape index (κ2) is 7.87. The Balaban J connectivity index is 0.00000119. The zero-order chi connectivity index (χ0) is 23.3. The van der Waals surface area contributed by atoms with Gasteiger partial charge in [-0.25, -0.2) is 0 Å². The molecule has 2 aliphatic rings. The maximum Gasteiger partial charge on any atom is 0.213 e. The topological polar surface area (TPSA) is 3.88 Å². The molecule has 0 bridgehead atoms. The van der Waals surface area contributed by atoms with Gasteiger partial charge >= 0.3 is 0 Å². The average molecular weight is 427 g/mol. The second-order valence-electron chi connectivity index (χ2n) is 10.5. The molecule has 1 aliphatic carbocycles. The SMILES string of the molecule is CC.CCC12CC1(CC)[n+]1cc(C)ccc1-c1cc(-c3ccc(C(C)(C)C)cc3)ccc12. The summed E-state index contributed by atoms with van der Waals surface area (Å²) in [6.07, 6.45) is 6.05. The molecule has 1 aromatic heterocycles. The average Bonchev–Trinajstić information content (AvgIpc) is 3.51. The highest BCUT2D eigenvalue weighted by Crippen LogP contribution is 2.67. The number of hydrogen-bond acceptors (Lipinski definition) is 0. The molecule has 1 heteroatoms. The smallest absolute Gasteiger partial charge is 0.192 e. The van der Waals surface area contributed by atoms with Crippen LogP contribution in [0, 0.1) is 6.92 Å². The molecule has 0 N–H and O–H groups in total. The van der Waals surface area contributed by atoms with Gasteiger partial charge in [0.2, 0.25) is 5.69 Å². The Morgan fingerprint density at radius 3 is 2.09 bits per heavy atom. The zero-order valence-corrected chi connectivity index (χ0v) is 21.3. The van der Waals surface area contributed by atoms with E-state index in [9.17, 15) is 0 Å². The lowest BCUT2D eigenvalue weighted by atomic mass is 9.78. The third kappa shape index (κ3) is 3.16. The number of pyridine rings is 1. The third-order valence-corrected chi connectivity index (χ3v) is 8.00. The van der Waals surface area contributed by atoms with Crippen molar-refractivity contribution >= 4 is 0 Å². The van der Waals surface area contributed by atoms with Crippen molar-refractivity contribution in [2.24, 2.45) is 0 Å². The van der Waals surface area contributed by atoms with Gasteiger partial charge in [0.25, 0.3) is 0 Å². The van der Waals surface area contributed by atoms with E-state index in [0.717, 1.165) is 0 Å². The van der Waals surface area contributed by atoms with E-state index < -0.39 is 0 Å². The van der Waals surface area contributed by atoms with Crippen molar-refractivity contribution in [3.8, 4) is 22.4 Å². The quantitative estimate of drug-likeness (QED) is 0.372. The second-order valence-corrected chi connectivity index (χ2v) is 10.5. The molecule has 0 saturated heterocycles. The Morgan fingerprint density at radius 1 is 0.844 bits per heavy atom. The summed E-state index contributed by atoms with van der Waals surface area (Å²) in [4.78, 5) is 0. The van der Waals surface area contributed by atoms with Gasteiger partial charge in [0, 0.05) is 24.5 Å². The van der Waals surface area contributed by atoms with Gasteiger partial charge in [-0.3, -0.25) is 0 Å². The predicted molar refractivity (Wildman–Crippen MR) is 137 cm³/mol. The molecule has 1 fully saturated rings. The fourth-order valence-corrected chi connectivity index (χ4v) is 6.09. The van der Waals surface area contributed by atoms with Crippen molar-refractivity contribution in [2.75, 3.05) is 0 Å². The molecule has 32 heavy (non-hydrogen) atoms. The van der Waals surface area contributed by atoms with Gasteiger partial charge in [0.05, 0.1) is 11.0 Å². The van der Waals surface area contributed by atoms with Gasteiger partial charge < -0.3 is 0 Å². The van der Waals surface area contributed by atoms with Crippen molar-refractivity contribution in [3.05, 3.63) is 77.5 Å². The highest BCUT2D eigenvalue weighted by Gasteiger charge is 2.76. The number of benzene rings is 2. The molecule has 3 aromatic rings. The van der Waals surface area contributed by atoms with Crippen molar-refractivity contribution in [3.63, 3.8) is 0 Å². The lowest BCUT2D eigenvalue weighted by Gasteiger charge is -2.29. The minimum absolute atomic E-state index is 0.185. The highest BCUT2D eigenvalue weighted by molar-refractivity contribution is 5.76. The normalized spacial score (nSPS) is 22.8. The third-order valence-electron chi connectivity index (χ3n) is 8.00. The van der Waals surface area contributed by atoms with E-state index >= 15 is 0 Å². The zero-order valence-electron chi connectivity index (χ0n) is 21.3. The van der Waals surface area contributed by atoms with Crippen LogP contribution in [0.15, 0.2) is 60.8 Å². The Labute approximate surface area is 195 Å². The summed E-state index contributed by atoms with van der Waals surface area (Å²) in [6, 6.07) is 21.0. The number of nitrogens with zero attached hydrogens (tertiary/aromatic N) is 1. The number of fused-ring (bicyclic) bond motifs is 6. The first kappa shape index (κ1) is 22.8. The van der Waals surface area contributed by atoms with Gasteiger partial charge in [0.15, 0.2) is 11.7 Å². The van der Waals surface area contributed by atoms with E-state index in [0.29, 0.717) is 0 Å². The summed E-state index contributed by atoms with van der Waals surface area (Å²) in [5.74, 6) is 0. The molecule has 0 radical (unpaired) electrons. The summed E-state index contributed by atoms with van der Waals surface area (Å²) >= 11 is 0. The van der Waals surface area contributed by atoms with E-state index in [1.807, 2.05) is 13.8 Å². The van der Waals surface area contributed by atoms with E-state index in [1.165, 1.54) is 52.8 Å². The van der Waals surface area contributed by atoms with Gasteiger partial charge in [0.1, 0.15) is 0 Å².